The number of rotatable bonds is 4. The minimum atomic E-state index is -1.62. The SMILES string of the molecule is BrC[P+](c1ccccc1)(c1ccccc1)c1ccccc1.[OH-]. The first-order chi connectivity index (χ1) is 10.4. The Balaban J connectivity index is 0.00000176. The van der Waals surface area contributed by atoms with Gasteiger partial charge in [0.1, 0.15) is 28.2 Å². The van der Waals surface area contributed by atoms with Gasteiger partial charge in [-0.05, 0) is 52.3 Å². The number of benzene rings is 3. The van der Waals surface area contributed by atoms with E-state index in [1.807, 2.05) is 0 Å². The summed E-state index contributed by atoms with van der Waals surface area (Å²) < 4.78 is 0. The highest BCUT2D eigenvalue weighted by Gasteiger charge is 2.44. The Bertz CT molecular complexity index is 590. The number of halogens is 1. The topological polar surface area (TPSA) is 30.0 Å². The fourth-order valence-corrected chi connectivity index (χ4v) is 8.66. The first-order valence-corrected chi connectivity index (χ1v) is 10.1. The maximum absolute atomic E-state index is 3.83. The highest BCUT2D eigenvalue weighted by molar-refractivity contribution is 9.10. The van der Waals surface area contributed by atoms with Crippen molar-refractivity contribution in [1.82, 2.24) is 0 Å². The van der Waals surface area contributed by atoms with E-state index in [0.717, 1.165) is 5.07 Å². The third-order valence-electron chi connectivity index (χ3n) is 3.77. The van der Waals surface area contributed by atoms with Gasteiger partial charge in [-0.1, -0.05) is 54.6 Å². The Labute approximate surface area is 140 Å². The summed E-state index contributed by atoms with van der Waals surface area (Å²) in [5.74, 6) is 0. The summed E-state index contributed by atoms with van der Waals surface area (Å²) >= 11 is 3.83. The summed E-state index contributed by atoms with van der Waals surface area (Å²) in [5.41, 5.74) is 0. The summed E-state index contributed by atoms with van der Waals surface area (Å²) in [6, 6.07) is 32.6. The van der Waals surface area contributed by atoms with Crippen LogP contribution in [0, 0.1) is 0 Å². The van der Waals surface area contributed by atoms with E-state index in [-0.39, 0.29) is 5.48 Å². The average molecular weight is 373 g/mol. The van der Waals surface area contributed by atoms with Crippen LogP contribution in [-0.4, -0.2) is 10.5 Å². The zero-order valence-corrected chi connectivity index (χ0v) is 14.6. The van der Waals surface area contributed by atoms with Crippen molar-refractivity contribution < 1.29 is 5.48 Å². The minimum Gasteiger partial charge on any atom is -0.870 e. The van der Waals surface area contributed by atoms with Crippen LogP contribution in [0.25, 0.3) is 0 Å². The summed E-state index contributed by atoms with van der Waals surface area (Å²) in [6.45, 7) is 0. The molecule has 0 heterocycles. The fourth-order valence-electron chi connectivity index (χ4n) is 2.70. The normalized spacial score (nSPS) is 10.8. The Morgan fingerprint density at radius 1 is 0.545 bits per heavy atom. The lowest BCUT2D eigenvalue weighted by atomic mass is 10.4. The number of hydrogen-bond donors (Lipinski definition) is 0. The largest absolute Gasteiger partial charge is 0.870 e. The molecule has 0 bridgehead atoms. The molecule has 1 N–H and O–H groups in total. The molecule has 1 nitrogen and oxygen atoms in total. The molecule has 0 fully saturated rings. The third-order valence-corrected chi connectivity index (χ3v) is 9.92. The lowest BCUT2D eigenvalue weighted by Gasteiger charge is -2.25. The van der Waals surface area contributed by atoms with Crippen molar-refractivity contribution in [2.24, 2.45) is 0 Å². The van der Waals surface area contributed by atoms with Gasteiger partial charge in [0.25, 0.3) is 0 Å². The molecule has 0 radical (unpaired) electrons. The Morgan fingerprint density at radius 2 is 0.818 bits per heavy atom. The van der Waals surface area contributed by atoms with Crippen molar-refractivity contribution in [3.05, 3.63) is 91.0 Å². The molecule has 22 heavy (non-hydrogen) atoms. The molecule has 0 aromatic heterocycles. The molecule has 0 aliphatic carbocycles. The molecule has 3 aromatic carbocycles. The van der Waals surface area contributed by atoms with Gasteiger partial charge in [-0.15, -0.1) is 0 Å². The van der Waals surface area contributed by atoms with E-state index in [0.29, 0.717) is 0 Å². The average Bonchev–Trinajstić information content (AvgIpc) is 2.59. The van der Waals surface area contributed by atoms with Gasteiger partial charge in [0.2, 0.25) is 0 Å². The van der Waals surface area contributed by atoms with Crippen LogP contribution in [-0.2, 0) is 0 Å². The molecule has 0 spiro atoms. The van der Waals surface area contributed by atoms with Gasteiger partial charge >= 0.3 is 0 Å². The van der Waals surface area contributed by atoms with Crippen molar-refractivity contribution in [3.8, 4) is 0 Å². The predicted molar refractivity (Wildman–Crippen MR) is 101 cm³/mol. The lowest BCUT2D eigenvalue weighted by Crippen LogP contribution is -2.31. The zero-order chi connectivity index (χ0) is 14.5. The van der Waals surface area contributed by atoms with Crippen LogP contribution in [0.4, 0.5) is 0 Å². The molecule has 112 valence electrons. The van der Waals surface area contributed by atoms with Gasteiger partial charge in [-0.25, -0.2) is 0 Å². The molecule has 0 saturated carbocycles. The van der Waals surface area contributed by atoms with E-state index >= 15 is 0 Å². The molecular weight excluding hydrogens is 355 g/mol. The molecule has 0 aliphatic rings. The molecule has 0 amide bonds. The van der Waals surface area contributed by atoms with Crippen molar-refractivity contribution in [2.45, 2.75) is 0 Å². The van der Waals surface area contributed by atoms with Gasteiger partial charge in [0.05, 0.1) is 0 Å². The van der Waals surface area contributed by atoms with Gasteiger partial charge in [-0.2, -0.15) is 0 Å². The maximum Gasteiger partial charge on any atom is 0.127 e. The molecule has 0 unspecified atom stereocenters. The minimum absolute atomic E-state index is 0. The molecule has 3 rings (SSSR count). The third kappa shape index (κ3) is 3.01. The van der Waals surface area contributed by atoms with Crippen LogP contribution in [0.3, 0.4) is 0 Å². The van der Waals surface area contributed by atoms with E-state index in [9.17, 15) is 0 Å². The first kappa shape index (κ1) is 16.9. The Hall–Kier alpha value is -1.47. The summed E-state index contributed by atoms with van der Waals surface area (Å²) in [4.78, 5) is 0. The highest BCUT2D eigenvalue weighted by Crippen LogP contribution is 2.56. The van der Waals surface area contributed by atoms with Gasteiger partial charge < -0.3 is 5.48 Å². The fraction of sp³-hybridized carbons (Fsp3) is 0.0526. The smallest absolute Gasteiger partial charge is 0.127 e. The molecule has 0 atom stereocenters. The summed E-state index contributed by atoms with van der Waals surface area (Å²) in [6.07, 6.45) is 0. The maximum atomic E-state index is 3.83. The van der Waals surface area contributed by atoms with Crippen molar-refractivity contribution in [3.63, 3.8) is 0 Å². The Kier molecular flexibility index (Phi) is 5.90. The van der Waals surface area contributed by atoms with Gasteiger partial charge in [0, 0.05) is 0 Å². The molecule has 0 aliphatic heterocycles. The second-order valence-corrected chi connectivity index (χ2v) is 9.85. The number of alkyl halides is 1. The van der Waals surface area contributed by atoms with E-state index < -0.39 is 7.26 Å². The van der Waals surface area contributed by atoms with Crippen LogP contribution < -0.4 is 15.9 Å². The predicted octanol–water partition coefficient (Wildman–Crippen LogP) is 4.16. The van der Waals surface area contributed by atoms with Crippen molar-refractivity contribution in [2.75, 3.05) is 5.07 Å². The number of hydrogen-bond acceptors (Lipinski definition) is 1. The van der Waals surface area contributed by atoms with E-state index in [2.05, 4.69) is 107 Å². The van der Waals surface area contributed by atoms with Gasteiger partial charge in [-0.3, -0.25) is 0 Å². The van der Waals surface area contributed by atoms with Crippen LogP contribution in [0.15, 0.2) is 91.0 Å². The van der Waals surface area contributed by atoms with Crippen molar-refractivity contribution in [1.29, 1.82) is 0 Å². The highest BCUT2D eigenvalue weighted by atomic mass is 79.9. The molecule has 0 saturated heterocycles. The second kappa shape index (κ2) is 7.69. The summed E-state index contributed by atoms with van der Waals surface area (Å²) in [7, 11) is -1.62. The van der Waals surface area contributed by atoms with E-state index in [1.165, 1.54) is 15.9 Å². The van der Waals surface area contributed by atoms with E-state index in [4.69, 9.17) is 0 Å². The standard InChI is InChI=1S/C19H17BrP.H2O/c20-16-21(17-10-4-1-5-11-17,18-12-6-2-7-13-18)19-14-8-3-9-15-19;/h1-15H,16H2;1H2/q+1;/p-1. The van der Waals surface area contributed by atoms with Crippen LogP contribution in [0.2, 0.25) is 0 Å². The molecular formula is C19H18BrOP. The van der Waals surface area contributed by atoms with Gasteiger partial charge in [0.15, 0.2) is 0 Å². The molecule has 3 heteroatoms. The molecule has 3 aromatic rings. The Morgan fingerprint density at radius 3 is 1.05 bits per heavy atom. The second-order valence-electron chi connectivity index (χ2n) is 4.94. The zero-order valence-electron chi connectivity index (χ0n) is 12.1. The monoisotopic (exact) mass is 372 g/mol. The van der Waals surface area contributed by atoms with Crippen molar-refractivity contribution >= 4 is 39.1 Å². The quantitative estimate of drug-likeness (QED) is 0.499. The van der Waals surface area contributed by atoms with Crippen LogP contribution >= 0.6 is 23.2 Å². The van der Waals surface area contributed by atoms with Crippen LogP contribution in [0.1, 0.15) is 0 Å². The van der Waals surface area contributed by atoms with E-state index in [1.54, 1.807) is 0 Å². The lowest BCUT2D eigenvalue weighted by molar-refractivity contribution is 0.824. The first-order valence-electron chi connectivity index (χ1n) is 6.99. The van der Waals surface area contributed by atoms with Crippen LogP contribution in [0.5, 0.6) is 0 Å². The summed E-state index contributed by atoms with van der Waals surface area (Å²) in [5, 5.41) is 5.20.